The van der Waals surface area contributed by atoms with Gasteiger partial charge in [0.05, 0.1) is 11.3 Å². The monoisotopic (exact) mass is 300 g/mol. The van der Waals surface area contributed by atoms with E-state index in [-0.39, 0.29) is 24.7 Å². The van der Waals surface area contributed by atoms with E-state index >= 15 is 0 Å². The van der Waals surface area contributed by atoms with E-state index in [1.165, 1.54) is 30.0 Å². The molecule has 21 heavy (non-hydrogen) atoms. The first-order valence-corrected chi connectivity index (χ1v) is 6.08. The number of carbonyl (C=O) groups excluding carboxylic acids is 2. The summed E-state index contributed by atoms with van der Waals surface area (Å²) in [6.45, 7) is 4.51. The number of benzene rings is 1. The molecule has 4 nitrogen and oxygen atoms in total. The number of para-hydroxylation sites is 1. The fourth-order valence-electron chi connectivity index (χ4n) is 1.66. The Morgan fingerprint density at radius 3 is 2.48 bits per heavy atom. The zero-order valence-corrected chi connectivity index (χ0v) is 11.4. The van der Waals surface area contributed by atoms with Crippen molar-refractivity contribution >= 4 is 17.5 Å². The smallest absolute Gasteiger partial charge is 0.330 e. The Labute approximate surface area is 120 Å². The van der Waals surface area contributed by atoms with E-state index in [4.69, 9.17) is 0 Å². The number of alkyl halides is 3. The SMILES string of the molecule is C=CCN(CC(=O)Nc1ccccc1C(F)(F)F)C(C)=O. The standard InChI is InChI=1S/C14H15F3N2O2/c1-3-8-19(10(2)20)9-13(21)18-12-7-5-4-6-11(12)14(15,16)17/h3-7H,1,8-9H2,2H3,(H,18,21). The van der Waals surface area contributed by atoms with E-state index in [1.54, 1.807) is 0 Å². The Bertz CT molecular complexity index is 541. The first-order valence-electron chi connectivity index (χ1n) is 6.08. The summed E-state index contributed by atoms with van der Waals surface area (Å²) in [6.07, 6.45) is -3.14. The molecule has 2 amide bonds. The zero-order chi connectivity index (χ0) is 16.0. The lowest BCUT2D eigenvalue weighted by Crippen LogP contribution is -2.36. The number of hydrogen-bond donors (Lipinski definition) is 1. The largest absolute Gasteiger partial charge is 0.418 e. The molecule has 0 aromatic heterocycles. The molecular weight excluding hydrogens is 285 g/mol. The molecule has 7 heteroatoms. The molecule has 0 radical (unpaired) electrons. The van der Waals surface area contributed by atoms with Crippen LogP contribution in [0.25, 0.3) is 0 Å². The Morgan fingerprint density at radius 1 is 1.33 bits per heavy atom. The van der Waals surface area contributed by atoms with E-state index in [0.29, 0.717) is 0 Å². The van der Waals surface area contributed by atoms with E-state index < -0.39 is 17.6 Å². The molecule has 0 saturated carbocycles. The predicted molar refractivity (Wildman–Crippen MR) is 72.5 cm³/mol. The van der Waals surface area contributed by atoms with E-state index in [1.807, 2.05) is 0 Å². The van der Waals surface area contributed by atoms with Crippen molar-refractivity contribution in [2.24, 2.45) is 0 Å². The van der Waals surface area contributed by atoms with Crippen LogP contribution < -0.4 is 5.32 Å². The second-order valence-corrected chi connectivity index (χ2v) is 4.28. The third kappa shape index (κ3) is 4.94. The predicted octanol–water partition coefficient (Wildman–Crippen LogP) is 2.68. The van der Waals surface area contributed by atoms with Crippen molar-refractivity contribution in [1.82, 2.24) is 4.90 Å². The van der Waals surface area contributed by atoms with Crippen LogP contribution in [0.5, 0.6) is 0 Å². The van der Waals surface area contributed by atoms with Crippen LogP contribution in [0.3, 0.4) is 0 Å². The lowest BCUT2D eigenvalue weighted by atomic mass is 10.1. The Hall–Kier alpha value is -2.31. The number of nitrogens with zero attached hydrogens (tertiary/aromatic N) is 1. The van der Waals surface area contributed by atoms with Crippen molar-refractivity contribution < 1.29 is 22.8 Å². The third-order valence-electron chi connectivity index (χ3n) is 2.64. The minimum Gasteiger partial charge on any atom is -0.330 e. The van der Waals surface area contributed by atoms with Gasteiger partial charge in [-0.3, -0.25) is 9.59 Å². The van der Waals surface area contributed by atoms with Crippen LogP contribution in [0.4, 0.5) is 18.9 Å². The van der Waals surface area contributed by atoms with Crippen molar-refractivity contribution in [2.75, 3.05) is 18.4 Å². The summed E-state index contributed by atoms with van der Waals surface area (Å²) >= 11 is 0. The van der Waals surface area contributed by atoms with Crippen LogP contribution in [-0.2, 0) is 15.8 Å². The molecule has 114 valence electrons. The van der Waals surface area contributed by atoms with Crippen LogP contribution in [0, 0.1) is 0 Å². The minimum atomic E-state index is -4.56. The average Bonchev–Trinajstić information content (AvgIpc) is 2.37. The molecule has 0 atom stereocenters. The number of hydrogen-bond acceptors (Lipinski definition) is 2. The molecule has 1 aromatic carbocycles. The third-order valence-corrected chi connectivity index (χ3v) is 2.64. The van der Waals surface area contributed by atoms with Crippen LogP contribution in [0.2, 0.25) is 0 Å². The van der Waals surface area contributed by atoms with Crippen LogP contribution in [-0.4, -0.2) is 29.8 Å². The van der Waals surface area contributed by atoms with E-state index in [2.05, 4.69) is 11.9 Å². The zero-order valence-electron chi connectivity index (χ0n) is 11.4. The Balaban J connectivity index is 2.84. The van der Waals surface area contributed by atoms with Crippen molar-refractivity contribution in [2.45, 2.75) is 13.1 Å². The quantitative estimate of drug-likeness (QED) is 0.850. The minimum absolute atomic E-state index is 0.143. The van der Waals surface area contributed by atoms with Crippen molar-refractivity contribution in [1.29, 1.82) is 0 Å². The molecule has 0 spiro atoms. The van der Waals surface area contributed by atoms with Gasteiger partial charge in [0.1, 0.15) is 6.54 Å². The van der Waals surface area contributed by atoms with Gasteiger partial charge in [-0.15, -0.1) is 6.58 Å². The van der Waals surface area contributed by atoms with E-state index in [9.17, 15) is 22.8 Å². The highest BCUT2D eigenvalue weighted by molar-refractivity contribution is 5.95. The summed E-state index contributed by atoms with van der Waals surface area (Å²) in [5.74, 6) is -1.07. The molecule has 0 unspecified atom stereocenters. The molecular formula is C14H15F3N2O2. The highest BCUT2D eigenvalue weighted by Gasteiger charge is 2.33. The summed E-state index contributed by atoms with van der Waals surface area (Å²) in [5.41, 5.74) is -1.27. The van der Waals surface area contributed by atoms with Gasteiger partial charge >= 0.3 is 6.18 Å². The summed E-state index contributed by atoms with van der Waals surface area (Å²) in [6, 6.07) is 4.66. The van der Waals surface area contributed by atoms with Crippen LogP contribution >= 0.6 is 0 Å². The molecule has 0 aliphatic rings. The lowest BCUT2D eigenvalue weighted by Gasteiger charge is -2.19. The normalized spacial score (nSPS) is 10.9. The summed E-state index contributed by atoms with van der Waals surface area (Å²) in [7, 11) is 0. The molecule has 0 heterocycles. The molecule has 1 N–H and O–H groups in total. The first kappa shape index (κ1) is 16.7. The van der Waals surface area contributed by atoms with Gasteiger partial charge in [0.25, 0.3) is 0 Å². The molecule has 0 aliphatic carbocycles. The highest BCUT2D eigenvalue weighted by Crippen LogP contribution is 2.34. The fraction of sp³-hybridized carbons (Fsp3) is 0.286. The maximum absolute atomic E-state index is 12.8. The fourth-order valence-corrected chi connectivity index (χ4v) is 1.66. The van der Waals surface area contributed by atoms with E-state index in [0.717, 1.165) is 12.1 Å². The maximum atomic E-state index is 12.8. The van der Waals surface area contributed by atoms with Gasteiger partial charge in [-0.2, -0.15) is 13.2 Å². The van der Waals surface area contributed by atoms with Gasteiger partial charge in [0, 0.05) is 13.5 Å². The first-order chi connectivity index (χ1) is 9.75. The summed E-state index contributed by atoms with van der Waals surface area (Å²) in [5, 5.41) is 2.17. The molecule has 0 aliphatic heterocycles. The summed E-state index contributed by atoms with van der Waals surface area (Å²) in [4.78, 5) is 24.2. The maximum Gasteiger partial charge on any atom is 0.418 e. The Kier molecular flexibility index (Phi) is 5.52. The van der Waals surface area contributed by atoms with Gasteiger partial charge in [-0.25, -0.2) is 0 Å². The number of nitrogens with one attached hydrogen (secondary N) is 1. The average molecular weight is 300 g/mol. The molecule has 1 aromatic rings. The number of rotatable bonds is 5. The lowest BCUT2D eigenvalue weighted by molar-refractivity contribution is -0.137. The molecule has 1 rings (SSSR count). The van der Waals surface area contributed by atoms with Gasteiger partial charge < -0.3 is 10.2 Å². The van der Waals surface area contributed by atoms with Gasteiger partial charge in [-0.1, -0.05) is 18.2 Å². The van der Waals surface area contributed by atoms with Crippen LogP contribution in [0.15, 0.2) is 36.9 Å². The topological polar surface area (TPSA) is 49.4 Å². The van der Waals surface area contributed by atoms with Crippen molar-refractivity contribution in [3.8, 4) is 0 Å². The second kappa shape index (κ2) is 6.92. The van der Waals surface area contributed by atoms with Gasteiger partial charge in [0.2, 0.25) is 11.8 Å². The number of halogens is 3. The number of carbonyl (C=O) groups is 2. The second-order valence-electron chi connectivity index (χ2n) is 4.28. The van der Waals surface area contributed by atoms with Crippen LogP contribution in [0.1, 0.15) is 12.5 Å². The Morgan fingerprint density at radius 2 is 1.95 bits per heavy atom. The molecule has 0 fully saturated rings. The number of anilines is 1. The number of amides is 2. The van der Waals surface area contributed by atoms with Gasteiger partial charge in [0.15, 0.2) is 0 Å². The van der Waals surface area contributed by atoms with Gasteiger partial charge in [-0.05, 0) is 12.1 Å². The molecule has 0 bridgehead atoms. The van der Waals surface area contributed by atoms with Crippen molar-refractivity contribution in [3.05, 3.63) is 42.5 Å². The van der Waals surface area contributed by atoms with Crippen molar-refractivity contribution in [3.63, 3.8) is 0 Å². The summed E-state index contributed by atoms with van der Waals surface area (Å²) < 4.78 is 38.3. The molecule has 0 saturated heterocycles. The highest BCUT2D eigenvalue weighted by atomic mass is 19.4.